The number of fused-ring (bicyclic) bond motifs is 1. The van der Waals surface area contributed by atoms with E-state index in [-0.39, 0.29) is 17.9 Å². The number of methoxy groups -OCH3 is 1. The van der Waals surface area contributed by atoms with Crippen LogP contribution in [0.5, 0.6) is 0 Å². The first-order chi connectivity index (χ1) is 14.9. The van der Waals surface area contributed by atoms with E-state index >= 15 is 0 Å². The molecule has 0 saturated carbocycles. The Hall–Kier alpha value is -2.54. The van der Waals surface area contributed by atoms with Crippen LogP contribution in [0.3, 0.4) is 0 Å². The van der Waals surface area contributed by atoms with E-state index in [0.29, 0.717) is 18.4 Å². The summed E-state index contributed by atoms with van der Waals surface area (Å²) in [7, 11) is 1.41. The minimum Gasteiger partial charge on any atom is -0.466 e. The molecule has 7 heteroatoms. The van der Waals surface area contributed by atoms with Crippen molar-refractivity contribution >= 4 is 28.8 Å². The molecule has 1 atom stereocenters. The van der Waals surface area contributed by atoms with Gasteiger partial charge in [-0.05, 0) is 49.6 Å². The van der Waals surface area contributed by atoms with Gasteiger partial charge < -0.3 is 14.5 Å². The van der Waals surface area contributed by atoms with Gasteiger partial charge >= 0.3 is 5.97 Å². The number of aliphatic imine (C=N–C) groups is 1. The number of carbonyl (C=O) groups excluding carboxylic acids is 2. The molecule has 0 aromatic heterocycles. The molecule has 0 unspecified atom stereocenters. The number of carbonyl (C=O) groups is 2. The lowest BCUT2D eigenvalue weighted by Gasteiger charge is -2.37. The van der Waals surface area contributed by atoms with Crippen molar-refractivity contribution in [3.63, 3.8) is 0 Å². The van der Waals surface area contributed by atoms with E-state index < -0.39 is 0 Å². The predicted molar refractivity (Wildman–Crippen MR) is 123 cm³/mol. The second kappa shape index (κ2) is 8.91. The standard InChI is InChI=1S/C24H29N3O3S/c1-5-19-21(23(29)30-4)22(18-12-15(2)8-9-16(18)3)27-17(14-31-24(27)25-19)13-20(28)26-10-6-7-11-26/h8-9,12,14,22H,5-7,10-11,13H2,1-4H3/t22-/m0/s1. The van der Waals surface area contributed by atoms with Gasteiger partial charge in [0, 0.05) is 18.8 Å². The Morgan fingerprint density at radius 2 is 1.97 bits per heavy atom. The molecule has 1 amide bonds. The maximum absolute atomic E-state index is 13.0. The van der Waals surface area contributed by atoms with Gasteiger partial charge in [-0.25, -0.2) is 9.79 Å². The van der Waals surface area contributed by atoms with Crippen LogP contribution < -0.4 is 0 Å². The first-order valence-corrected chi connectivity index (χ1v) is 11.7. The van der Waals surface area contributed by atoms with Crippen LogP contribution in [0.1, 0.15) is 55.3 Å². The number of allylic oxidation sites excluding steroid dienone is 1. The van der Waals surface area contributed by atoms with Crippen molar-refractivity contribution in [2.45, 2.75) is 52.5 Å². The van der Waals surface area contributed by atoms with Crippen molar-refractivity contribution < 1.29 is 14.3 Å². The molecule has 0 bridgehead atoms. The summed E-state index contributed by atoms with van der Waals surface area (Å²) in [5.41, 5.74) is 5.46. The monoisotopic (exact) mass is 439 g/mol. The van der Waals surface area contributed by atoms with E-state index in [4.69, 9.17) is 9.73 Å². The Bertz CT molecular complexity index is 1010. The SMILES string of the molecule is CCC1=C(C(=O)OC)[C@H](c2cc(C)ccc2C)N2C(CC(=O)N3CCCC3)=CSC2=N1. The molecule has 1 fully saturated rings. The molecule has 31 heavy (non-hydrogen) atoms. The summed E-state index contributed by atoms with van der Waals surface area (Å²) in [6.07, 6.45) is 3.07. The zero-order chi connectivity index (χ0) is 22.1. The number of esters is 1. The maximum Gasteiger partial charge on any atom is 0.338 e. The van der Waals surface area contributed by atoms with Crippen LogP contribution >= 0.6 is 11.8 Å². The van der Waals surface area contributed by atoms with Crippen LogP contribution in [0, 0.1) is 13.8 Å². The fraction of sp³-hybridized carbons (Fsp3) is 0.458. The molecule has 1 aromatic carbocycles. The smallest absolute Gasteiger partial charge is 0.338 e. The summed E-state index contributed by atoms with van der Waals surface area (Å²) in [5.74, 6) is -0.233. The Morgan fingerprint density at radius 1 is 1.23 bits per heavy atom. The van der Waals surface area contributed by atoms with Gasteiger partial charge in [0.1, 0.15) is 0 Å². The van der Waals surface area contributed by atoms with E-state index in [9.17, 15) is 9.59 Å². The summed E-state index contributed by atoms with van der Waals surface area (Å²) in [5, 5.41) is 2.83. The third-order valence-corrected chi connectivity index (χ3v) is 7.04. The Labute approximate surface area is 188 Å². The number of hydrogen-bond acceptors (Lipinski definition) is 6. The number of nitrogens with zero attached hydrogens (tertiary/aromatic N) is 3. The number of amidine groups is 1. The fourth-order valence-corrected chi connectivity index (χ4v) is 5.43. The topological polar surface area (TPSA) is 62.2 Å². The van der Waals surface area contributed by atoms with Gasteiger partial charge in [0.25, 0.3) is 0 Å². The molecule has 3 heterocycles. The molecule has 3 aliphatic rings. The molecule has 0 radical (unpaired) electrons. The molecule has 4 rings (SSSR count). The molecule has 3 aliphatic heterocycles. The highest BCUT2D eigenvalue weighted by atomic mass is 32.2. The lowest BCUT2D eigenvalue weighted by molar-refractivity contribution is -0.136. The van der Waals surface area contributed by atoms with Gasteiger partial charge in [0.15, 0.2) is 5.17 Å². The first kappa shape index (κ1) is 21.7. The van der Waals surface area contributed by atoms with Crippen molar-refractivity contribution in [1.82, 2.24) is 9.80 Å². The maximum atomic E-state index is 13.0. The predicted octanol–water partition coefficient (Wildman–Crippen LogP) is 4.45. The number of ether oxygens (including phenoxy) is 1. The van der Waals surface area contributed by atoms with E-state index in [1.54, 1.807) is 0 Å². The van der Waals surface area contributed by atoms with Gasteiger partial charge in [-0.3, -0.25) is 4.79 Å². The summed E-state index contributed by atoms with van der Waals surface area (Å²) in [6, 6.07) is 5.92. The third-order valence-electron chi connectivity index (χ3n) is 6.15. The first-order valence-electron chi connectivity index (χ1n) is 10.8. The van der Waals surface area contributed by atoms with Gasteiger partial charge in [0.2, 0.25) is 5.91 Å². The van der Waals surface area contributed by atoms with Crippen LogP contribution in [0.2, 0.25) is 0 Å². The average molecular weight is 440 g/mol. The van der Waals surface area contributed by atoms with Crippen LogP contribution in [0.15, 0.2) is 45.6 Å². The van der Waals surface area contributed by atoms with Crippen molar-refractivity contribution in [3.05, 3.63) is 57.3 Å². The van der Waals surface area contributed by atoms with Crippen molar-refractivity contribution in [2.24, 2.45) is 4.99 Å². The molecule has 1 aromatic rings. The molecule has 1 saturated heterocycles. The zero-order valence-electron chi connectivity index (χ0n) is 18.6. The molecule has 0 aliphatic carbocycles. The second-order valence-corrected chi connectivity index (χ2v) is 9.06. The van der Waals surface area contributed by atoms with Crippen molar-refractivity contribution in [2.75, 3.05) is 20.2 Å². The molecular formula is C24H29N3O3S. The number of likely N-dealkylation sites (tertiary alicyclic amines) is 1. The number of thioether (sulfide) groups is 1. The molecule has 0 spiro atoms. The number of aryl methyl sites for hydroxylation is 2. The summed E-state index contributed by atoms with van der Waals surface area (Å²) in [4.78, 5) is 34.7. The summed E-state index contributed by atoms with van der Waals surface area (Å²) >= 11 is 1.52. The quantitative estimate of drug-likeness (QED) is 0.634. The minimum absolute atomic E-state index is 0.134. The fourth-order valence-electron chi connectivity index (χ4n) is 4.49. The van der Waals surface area contributed by atoms with Gasteiger partial charge in [0.05, 0.1) is 30.8 Å². The zero-order valence-corrected chi connectivity index (χ0v) is 19.4. The highest BCUT2D eigenvalue weighted by Gasteiger charge is 2.42. The highest BCUT2D eigenvalue weighted by Crippen LogP contribution is 2.46. The Kier molecular flexibility index (Phi) is 6.23. The van der Waals surface area contributed by atoms with Crippen molar-refractivity contribution in [3.8, 4) is 0 Å². The van der Waals surface area contributed by atoms with Gasteiger partial charge in [-0.15, -0.1) is 0 Å². The highest BCUT2D eigenvalue weighted by molar-refractivity contribution is 8.16. The average Bonchev–Trinajstić information content (AvgIpc) is 3.44. The van der Waals surface area contributed by atoms with Gasteiger partial charge in [-0.1, -0.05) is 42.4 Å². The third kappa shape index (κ3) is 4.03. The Balaban J connectivity index is 1.79. The molecule has 164 valence electrons. The number of rotatable bonds is 5. The largest absolute Gasteiger partial charge is 0.466 e. The number of hydrogen-bond donors (Lipinski definition) is 0. The van der Waals surface area contributed by atoms with Crippen LogP contribution in [-0.2, 0) is 14.3 Å². The van der Waals surface area contributed by atoms with Crippen LogP contribution in [-0.4, -0.2) is 47.0 Å². The van der Waals surface area contributed by atoms with Crippen molar-refractivity contribution in [1.29, 1.82) is 0 Å². The normalized spacial score (nSPS) is 20.6. The van der Waals surface area contributed by atoms with E-state index in [1.807, 2.05) is 17.2 Å². The summed E-state index contributed by atoms with van der Waals surface area (Å²) in [6.45, 7) is 7.77. The number of amides is 1. The molecule has 0 N–H and O–H groups in total. The van der Waals surface area contributed by atoms with Gasteiger partial charge in [-0.2, -0.15) is 0 Å². The lowest BCUT2D eigenvalue weighted by Crippen LogP contribution is -2.38. The molecular weight excluding hydrogens is 410 g/mol. The second-order valence-electron chi connectivity index (χ2n) is 8.22. The minimum atomic E-state index is -0.368. The van der Waals surface area contributed by atoms with E-state index in [0.717, 1.165) is 59.2 Å². The molecule has 6 nitrogen and oxygen atoms in total. The van der Waals surface area contributed by atoms with E-state index in [1.165, 1.54) is 18.9 Å². The Morgan fingerprint density at radius 3 is 2.65 bits per heavy atom. The van der Waals surface area contributed by atoms with E-state index in [2.05, 4.69) is 36.9 Å². The number of benzene rings is 1. The van der Waals surface area contributed by atoms with Crippen LogP contribution in [0.4, 0.5) is 0 Å². The lowest BCUT2D eigenvalue weighted by atomic mass is 9.89. The summed E-state index contributed by atoms with van der Waals surface area (Å²) < 4.78 is 5.20. The van der Waals surface area contributed by atoms with Crippen LogP contribution in [0.25, 0.3) is 0 Å².